The average molecular weight is 225 g/mol. The Labute approximate surface area is 96.3 Å². The molecule has 0 radical (unpaired) electrons. The van der Waals surface area contributed by atoms with Crippen LogP contribution in [0.25, 0.3) is 0 Å². The van der Waals surface area contributed by atoms with Crippen LogP contribution in [-0.4, -0.2) is 37.9 Å². The van der Waals surface area contributed by atoms with Crippen molar-refractivity contribution in [3.8, 4) is 0 Å². The first-order chi connectivity index (χ1) is 7.60. The van der Waals surface area contributed by atoms with Crippen LogP contribution >= 0.6 is 0 Å². The van der Waals surface area contributed by atoms with E-state index < -0.39 is 0 Å². The van der Waals surface area contributed by atoms with Crippen molar-refractivity contribution in [2.24, 2.45) is 11.8 Å². The molecule has 1 atom stereocenters. The molecule has 0 aliphatic heterocycles. The number of carbonyl (C=O) groups excluding carboxylic acids is 2. The number of rotatable bonds is 6. The van der Waals surface area contributed by atoms with Crippen LogP contribution in [0.15, 0.2) is 11.8 Å². The first-order valence-electron chi connectivity index (χ1n) is 5.60. The Bertz CT molecular complexity index is 293. The van der Waals surface area contributed by atoms with E-state index in [1.54, 1.807) is 18.0 Å². The van der Waals surface area contributed by atoms with E-state index in [4.69, 9.17) is 4.74 Å². The van der Waals surface area contributed by atoms with Crippen LogP contribution in [0.3, 0.4) is 0 Å². The number of esters is 1. The second-order valence-electron chi connectivity index (χ2n) is 4.28. The average Bonchev–Trinajstić information content (AvgIpc) is 3.00. The van der Waals surface area contributed by atoms with Gasteiger partial charge in [0.05, 0.1) is 12.5 Å². The largest absolute Gasteiger partial charge is 0.466 e. The lowest BCUT2D eigenvalue weighted by Crippen LogP contribution is -2.24. The zero-order valence-corrected chi connectivity index (χ0v) is 10.1. The number of aldehydes is 1. The Balaban J connectivity index is 2.82. The Morgan fingerprint density at radius 2 is 2.12 bits per heavy atom. The minimum Gasteiger partial charge on any atom is -0.466 e. The van der Waals surface area contributed by atoms with Crippen molar-refractivity contribution in [1.29, 1.82) is 0 Å². The van der Waals surface area contributed by atoms with Crippen molar-refractivity contribution in [3.63, 3.8) is 0 Å². The molecule has 0 amide bonds. The molecule has 1 saturated carbocycles. The zero-order valence-electron chi connectivity index (χ0n) is 10.1. The molecule has 0 aromatic carbocycles. The van der Waals surface area contributed by atoms with Crippen LogP contribution < -0.4 is 0 Å². The van der Waals surface area contributed by atoms with Crippen LogP contribution in [0.1, 0.15) is 19.8 Å². The smallest absolute Gasteiger partial charge is 0.313 e. The highest BCUT2D eigenvalue weighted by molar-refractivity contribution is 5.87. The number of hydrogen-bond donors (Lipinski definition) is 0. The van der Waals surface area contributed by atoms with Crippen LogP contribution in [0.2, 0.25) is 0 Å². The monoisotopic (exact) mass is 225 g/mol. The summed E-state index contributed by atoms with van der Waals surface area (Å²) in [5.41, 5.74) is 0.519. The van der Waals surface area contributed by atoms with Gasteiger partial charge in [-0.1, -0.05) is 0 Å². The second-order valence-corrected chi connectivity index (χ2v) is 4.28. The molecule has 0 aromatic rings. The first-order valence-corrected chi connectivity index (χ1v) is 5.60. The third-order valence-electron chi connectivity index (χ3n) is 2.54. The Kier molecular flexibility index (Phi) is 4.52. The molecule has 0 aromatic heterocycles. The lowest BCUT2D eigenvalue weighted by atomic mass is 9.95. The molecule has 0 bridgehead atoms. The van der Waals surface area contributed by atoms with Crippen molar-refractivity contribution in [1.82, 2.24) is 4.90 Å². The number of ether oxygens (including phenoxy) is 1. The highest BCUT2D eigenvalue weighted by Crippen LogP contribution is 2.40. The number of nitrogens with zero attached hydrogens (tertiary/aromatic N) is 1. The van der Waals surface area contributed by atoms with Gasteiger partial charge in [0.2, 0.25) is 0 Å². The fraction of sp³-hybridized carbons (Fsp3) is 0.667. The van der Waals surface area contributed by atoms with Gasteiger partial charge in [-0.25, -0.2) is 0 Å². The lowest BCUT2D eigenvalue weighted by Gasteiger charge is -2.16. The summed E-state index contributed by atoms with van der Waals surface area (Å²) < 4.78 is 5.01. The topological polar surface area (TPSA) is 46.6 Å². The highest BCUT2D eigenvalue weighted by Gasteiger charge is 2.39. The summed E-state index contributed by atoms with van der Waals surface area (Å²) in [7, 11) is 3.66. The lowest BCUT2D eigenvalue weighted by molar-refractivity contribution is -0.147. The van der Waals surface area contributed by atoms with Gasteiger partial charge in [0.15, 0.2) is 0 Å². The summed E-state index contributed by atoms with van der Waals surface area (Å²) in [4.78, 5) is 24.6. The van der Waals surface area contributed by atoms with Crippen molar-refractivity contribution in [3.05, 3.63) is 11.8 Å². The second kappa shape index (κ2) is 5.68. The standard InChI is InChI=1S/C12H19NO3/c1-4-16-12(15)11(9-5-6-9)10(8-14)7-13(2)3/h7-9,11H,4-6H2,1-3H3/b10-7+. The van der Waals surface area contributed by atoms with Gasteiger partial charge in [-0.2, -0.15) is 0 Å². The third-order valence-corrected chi connectivity index (χ3v) is 2.54. The van der Waals surface area contributed by atoms with Gasteiger partial charge in [-0.05, 0) is 25.7 Å². The van der Waals surface area contributed by atoms with E-state index in [1.807, 2.05) is 14.1 Å². The predicted molar refractivity (Wildman–Crippen MR) is 60.7 cm³/mol. The van der Waals surface area contributed by atoms with Gasteiger partial charge in [-0.3, -0.25) is 9.59 Å². The predicted octanol–water partition coefficient (Wildman–Crippen LogP) is 1.22. The highest BCUT2D eigenvalue weighted by atomic mass is 16.5. The molecule has 1 aliphatic rings. The van der Waals surface area contributed by atoms with E-state index in [9.17, 15) is 9.59 Å². The third kappa shape index (κ3) is 3.36. The molecule has 1 aliphatic carbocycles. The van der Waals surface area contributed by atoms with E-state index >= 15 is 0 Å². The van der Waals surface area contributed by atoms with Gasteiger partial charge in [0.25, 0.3) is 0 Å². The van der Waals surface area contributed by atoms with Gasteiger partial charge in [0, 0.05) is 25.9 Å². The quantitative estimate of drug-likeness (QED) is 0.387. The Hall–Kier alpha value is -1.32. The van der Waals surface area contributed by atoms with E-state index in [0.29, 0.717) is 12.2 Å². The molecule has 1 fully saturated rings. The molecule has 0 spiro atoms. The van der Waals surface area contributed by atoms with E-state index in [0.717, 1.165) is 19.1 Å². The van der Waals surface area contributed by atoms with Gasteiger partial charge in [0.1, 0.15) is 6.29 Å². The molecule has 4 heteroatoms. The SMILES string of the molecule is CCOC(=O)C(/C(C=O)=C/N(C)C)C1CC1. The molecule has 0 heterocycles. The van der Waals surface area contributed by atoms with E-state index in [2.05, 4.69) is 0 Å². The van der Waals surface area contributed by atoms with E-state index in [1.165, 1.54) is 0 Å². The van der Waals surface area contributed by atoms with Crippen molar-refractivity contribution in [2.75, 3.05) is 20.7 Å². The summed E-state index contributed by atoms with van der Waals surface area (Å²) >= 11 is 0. The summed E-state index contributed by atoms with van der Waals surface area (Å²) in [5.74, 6) is -0.361. The van der Waals surface area contributed by atoms with Crippen molar-refractivity contribution < 1.29 is 14.3 Å². The van der Waals surface area contributed by atoms with Crippen molar-refractivity contribution in [2.45, 2.75) is 19.8 Å². The maximum atomic E-state index is 11.8. The van der Waals surface area contributed by atoms with E-state index in [-0.39, 0.29) is 17.8 Å². The van der Waals surface area contributed by atoms with Gasteiger partial charge >= 0.3 is 5.97 Å². The maximum absolute atomic E-state index is 11.8. The molecule has 16 heavy (non-hydrogen) atoms. The summed E-state index contributed by atoms with van der Waals surface area (Å²) in [6.45, 7) is 2.13. The summed E-state index contributed by atoms with van der Waals surface area (Å²) in [6.07, 6.45) is 4.47. The maximum Gasteiger partial charge on any atom is 0.313 e. The van der Waals surface area contributed by atoms with Crippen LogP contribution in [-0.2, 0) is 14.3 Å². The molecular formula is C12H19NO3. The molecule has 0 saturated heterocycles. The Morgan fingerprint density at radius 1 is 1.50 bits per heavy atom. The van der Waals surface area contributed by atoms with Crippen LogP contribution in [0.4, 0.5) is 0 Å². The molecule has 0 N–H and O–H groups in total. The normalized spacial score (nSPS) is 17.8. The number of carbonyl (C=O) groups is 2. The zero-order chi connectivity index (χ0) is 12.1. The van der Waals surface area contributed by atoms with Crippen LogP contribution in [0, 0.1) is 11.8 Å². The Morgan fingerprint density at radius 3 is 2.50 bits per heavy atom. The fourth-order valence-electron chi connectivity index (χ4n) is 1.74. The first kappa shape index (κ1) is 12.7. The minimum atomic E-state index is -0.375. The minimum absolute atomic E-state index is 0.273. The van der Waals surface area contributed by atoms with Gasteiger partial charge in [-0.15, -0.1) is 0 Å². The van der Waals surface area contributed by atoms with Crippen LogP contribution in [0.5, 0.6) is 0 Å². The molecule has 1 rings (SSSR count). The molecule has 90 valence electrons. The summed E-state index contributed by atoms with van der Waals surface area (Å²) in [5, 5.41) is 0. The summed E-state index contributed by atoms with van der Waals surface area (Å²) in [6, 6.07) is 0. The molecule has 1 unspecified atom stereocenters. The number of hydrogen-bond acceptors (Lipinski definition) is 4. The van der Waals surface area contributed by atoms with Crippen molar-refractivity contribution >= 4 is 12.3 Å². The fourth-order valence-corrected chi connectivity index (χ4v) is 1.74. The molecule has 4 nitrogen and oxygen atoms in total. The molecular weight excluding hydrogens is 206 g/mol. The van der Waals surface area contributed by atoms with Gasteiger partial charge < -0.3 is 9.64 Å².